The number of rotatable bonds is 25. The van der Waals surface area contributed by atoms with Crippen molar-refractivity contribution in [3.8, 4) is 0 Å². The van der Waals surface area contributed by atoms with Gasteiger partial charge in [-0.2, -0.15) is 0 Å². The zero-order valence-corrected chi connectivity index (χ0v) is 31.3. The molecule has 1 aliphatic heterocycles. The van der Waals surface area contributed by atoms with Gasteiger partial charge in [0.2, 0.25) is 0 Å². The lowest BCUT2D eigenvalue weighted by molar-refractivity contribution is -0.907. The summed E-state index contributed by atoms with van der Waals surface area (Å²) in [6.45, 7) is 12.2. The second-order valence-electron chi connectivity index (χ2n) is 13.3. The van der Waals surface area contributed by atoms with E-state index >= 15 is 0 Å². The summed E-state index contributed by atoms with van der Waals surface area (Å²) >= 11 is 0. The first-order chi connectivity index (χ1) is 19.2. The fourth-order valence-corrected chi connectivity index (χ4v) is 5.46. The molecule has 0 spiro atoms. The first-order valence-electron chi connectivity index (χ1n) is 16.9. The van der Waals surface area contributed by atoms with E-state index in [0.717, 1.165) is 69.4 Å². The van der Waals surface area contributed by atoms with E-state index in [1.807, 2.05) is 0 Å². The molecule has 1 heterocycles. The van der Waals surface area contributed by atoms with Crippen LogP contribution < -0.4 is 34.0 Å². The Bertz CT molecular complexity index is 659. The van der Waals surface area contributed by atoms with Crippen molar-refractivity contribution >= 4 is 11.9 Å². The summed E-state index contributed by atoms with van der Waals surface area (Å²) in [4.78, 5) is 27.3. The summed E-state index contributed by atoms with van der Waals surface area (Å²) in [6, 6.07) is 0. The highest BCUT2D eigenvalue weighted by Crippen LogP contribution is 2.13. The Hall–Kier alpha value is -0.220. The minimum Gasteiger partial charge on any atom is -1.00 e. The molecule has 1 rings (SSSR count). The number of esters is 2. The van der Waals surface area contributed by atoms with Gasteiger partial charge in [0.1, 0.15) is 0 Å². The molecule has 0 saturated carbocycles. The molecule has 0 bridgehead atoms. The first-order valence-corrected chi connectivity index (χ1v) is 16.9. The average molecular weight is 730 g/mol. The molecule has 42 heavy (non-hydrogen) atoms. The molecule has 0 aromatic rings. The average Bonchev–Trinajstić information content (AvgIpc) is 2.90. The highest BCUT2D eigenvalue weighted by atomic mass is 79.9. The van der Waals surface area contributed by atoms with Gasteiger partial charge in [-0.3, -0.25) is 4.90 Å². The highest BCUT2D eigenvalue weighted by Gasteiger charge is 2.32. The Morgan fingerprint density at radius 2 is 1.07 bits per heavy atom. The molecule has 7 nitrogen and oxygen atoms in total. The highest BCUT2D eigenvalue weighted by molar-refractivity contribution is 5.70. The number of hydrogen-bond donors (Lipinski definition) is 0. The Balaban J connectivity index is 0. The van der Waals surface area contributed by atoms with E-state index < -0.39 is 0 Å². The van der Waals surface area contributed by atoms with E-state index in [9.17, 15) is 9.59 Å². The summed E-state index contributed by atoms with van der Waals surface area (Å²) < 4.78 is 12.5. The molecule has 9 heteroatoms. The SMILES string of the molecule is CCCCCCCCCCOC(=O)C[N+](C)(C)CCN1CC[N+](C)(CC(=O)OCCCCCCCCCC)CC1.[Br-].[Br-]. The van der Waals surface area contributed by atoms with Crippen LogP contribution in [0.1, 0.15) is 117 Å². The molecule has 1 aliphatic rings. The van der Waals surface area contributed by atoms with Crippen molar-refractivity contribution in [1.82, 2.24) is 4.90 Å². The lowest BCUT2D eigenvalue weighted by Crippen LogP contribution is -3.00. The summed E-state index contributed by atoms with van der Waals surface area (Å²) in [5.41, 5.74) is 0. The molecule has 1 saturated heterocycles. The molecule has 0 radical (unpaired) electrons. The number of ether oxygens (including phenoxy) is 2. The van der Waals surface area contributed by atoms with Crippen molar-refractivity contribution in [2.24, 2.45) is 0 Å². The minimum atomic E-state index is -0.0821. The Kier molecular flexibility index (Phi) is 28.4. The lowest BCUT2D eigenvalue weighted by Gasteiger charge is -2.42. The van der Waals surface area contributed by atoms with Gasteiger partial charge in [0, 0.05) is 19.6 Å². The fourth-order valence-electron chi connectivity index (χ4n) is 5.46. The maximum absolute atomic E-state index is 12.4. The molecule has 0 amide bonds. The molecule has 0 N–H and O–H groups in total. The molecular weight excluding hydrogens is 662 g/mol. The van der Waals surface area contributed by atoms with E-state index in [0.29, 0.717) is 30.8 Å². The number of carbonyl (C=O) groups is 2. The Morgan fingerprint density at radius 1 is 0.667 bits per heavy atom. The van der Waals surface area contributed by atoms with Gasteiger partial charge in [0.25, 0.3) is 0 Å². The number of likely N-dealkylation sites (N-methyl/N-ethyl adjacent to an activating group) is 2. The van der Waals surface area contributed by atoms with Crippen molar-refractivity contribution in [1.29, 1.82) is 0 Å². The maximum atomic E-state index is 12.4. The van der Waals surface area contributed by atoms with Gasteiger partial charge in [-0.25, -0.2) is 9.59 Å². The van der Waals surface area contributed by atoms with Crippen molar-refractivity contribution in [2.75, 3.05) is 86.7 Å². The second-order valence-corrected chi connectivity index (χ2v) is 13.3. The molecule has 0 atom stereocenters. The summed E-state index contributed by atoms with van der Waals surface area (Å²) in [6.07, 6.45) is 20.0. The van der Waals surface area contributed by atoms with E-state index in [2.05, 4.69) is 39.9 Å². The van der Waals surface area contributed by atoms with Crippen molar-refractivity contribution in [3.05, 3.63) is 0 Å². The third-order valence-electron chi connectivity index (χ3n) is 8.52. The smallest absolute Gasteiger partial charge is 0.361 e. The number of piperazine rings is 1. The summed E-state index contributed by atoms with van der Waals surface area (Å²) in [5, 5.41) is 0. The third-order valence-corrected chi connectivity index (χ3v) is 8.52. The van der Waals surface area contributed by atoms with E-state index in [-0.39, 0.29) is 45.9 Å². The molecule has 0 aliphatic carbocycles. The molecule has 0 unspecified atom stereocenters. The number of carbonyl (C=O) groups excluding carboxylic acids is 2. The zero-order chi connectivity index (χ0) is 29.5. The predicted octanol–water partition coefficient (Wildman–Crippen LogP) is 0.201. The topological polar surface area (TPSA) is 55.8 Å². The molecule has 0 aromatic carbocycles. The number of halogens is 2. The standard InChI is InChI=1S/C33H67N3O4.2BrH/c1-6-8-10-12-14-16-18-20-28-39-32(37)30-35(3,4)25-22-34-23-26-36(5,27-24-34)31-33(38)40-29-21-19-17-15-13-11-9-7-2;;/h6-31H2,1-5H3;2*1H/q+2;;/p-2. The lowest BCUT2D eigenvalue weighted by atomic mass is 10.1. The molecule has 1 fully saturated rings. The third kappa shape index (κ3) is 24.1. The Labute approximate surface area is 281 Å². The van der Waals surface area contributed by atoms with Crippen LogP contribution in [0.3, 0.4) is 0 Å². The van der Waals surface area contributed by atoms with Crippen LogP contribution in [-0.4, -0.2) is 113 Å². The number of quaternary nitrogens is 2. The van der Waals surface area contributed by atoms with Crippen LogP contribution >= 0.6 is 0 Å². The first kappa shape index (κ1) is 43.9. The van der Waals surface area contributed by atoms with Crippen LogP contribution in [0.15, 0.2) is 0 Å². The quantitative estimate of drug-likeness (QED) is 0.0765. The number of unbranched alkanes of at least 4 members (excludes halogenated alkanes) is 14. The zero-order valence-electron chi connectivity index (χ0n) is 28.1. The van der Waals surface area contributed by atoms with Crippen molar-refractivity contribution < 1.29 is 62.0 Å². The van der Waals surface area contributed by atoms with Crippen LogP contribution in [-0.2, 0) is 19.1 Å². The summed E-state index contributed by atoms with van der Waals surface area (Å²) in [7, 11) is 6.41. The Morgan fingerprint density at radius 3 is 1.52 bits per heavy atom. The van der Waals surface area contributed by atoms with E-state index in [4.69, 9.17) is 9.47 Å². The van der Waals surface area contributed by atoms with Gasteiger partial charge in [-0.05, 0) is 12.8 Å². The van der Waals surface area contributed by atoms with Gasteiger partial charge >= 0.3 is 11.9 Å². The molecule has 0 aromatic heterocycles. The minimum absolute atomic E-state index is 0. The molecule has 252 valence electrons. The number of nitrogens with zero attached hydrogens (tertiary/aromatic N) is 3. The normalized spacial score (nSPS) is 15.0. The second kappa shape index (κ2) is 27.1. The largest absolute Gasteiger partial charge is 1.00 e. The molecular formula is C33H67Br2N3O4. The van der Waals surface area contributed by atoms with E-state index in [1.54, 1.807) is 0 Å². The van der Waals surface area contributed by atoms with Gasteiger partial charge in [-0.15, -0.1) is 0 Å². The van der Waals surface area contributed by atoms with Gasteiger partial charge < -0.3 is 52.4 Å². The van der Waals surface area contributed by atoms with Crippen LogP contribution in [0, 0.1) is 0 Å². The van der Waals surface area contributed by atoms with Crippen LogP contribution in [0.5, 0.6) is 0 Å². The van der Waals surface area contributed by atoms with Crippen LogP contribution in [0.2, 0.25) is 0 Å². The summed E-state index contributed by atoms with van der Waals surface area (Å²) in [5.74, 6) is -0.136. The van der Waals surface area contributed by atoms with Crippen molar-refractivity contribution in [3.63, 3.8) is 0 Å². The number of hydrogen-bond acceptors (Lipinski definition) is 5. The fraction of sp³-hybridized carbons (Fsp3) is 0.939. The van der Waals surface area contributed by atoms with Crippen LogP contribution in [0.25, 0.3) is 0 Å². The monoisotopic (exact) mass is 727 g/mol. The van der Waals surface area contributed by atoms with E-state index in [1.165, 1.54) is 77.0 Å². The van der Waals surface area contributed by atoms with Crippen molar-refractivity contribution in [2.45, 2.75) is 117 Å². The predicted molar refractivity (Wildman–Crippen MR) is 166 cm³/mol. The maximum Gasteiger partial charge on any atom is 0.361 e. The van der Waals surface area contributed by atoms with Crippen LogP contribution in [0.4, 0.5) is 0 Å². The van der Waals surface area contributed by atoms with Gasteiger partial charge in [0.05, 0.1) is 54.0 Å². The van der Waals surface area contributed by atoms with Gasteiger partial charge in [-0.1, -0.05) is 104 Å². The van der Waals surface area contributed by atoms with Gasteiger partial charge in [0.15, 0.2) is 13.1 Å².